The minimum atomic E-state index is -0.216. The van der Waals surface area contributed by atoms with Crippen molar-refractivity contribution in [3.05, 3.63) is 60.2 Å². The summed E-state index contributed by atoms with van der Waals surface area (Å²) >= 11 is 0. The van der Waals surface area contributed by atoms with Gasteiger partial charge in [-0.2, -0.15) is 5.10 Å². The first kappa shape index (κ1) is 20.0. The summed E-state index contributed by atoms with van der Waals surface area (Å²) in [6.07, 6.45) is 1.76. The van der Waals surface area contributed by atoms with Crippen LogP contribution < -0.4 is 10.2 Å². The molecular weight excluding hydrogens is 376 g/mol. The summed E-state index contributed by atoms with van der Waals surface area (Å²) in [5, 5.41) is 5.20. The number of fused-ring (bicyclic) bond motifs is 1. The number of rotatable bonds is 5. The Labute approximate surface area is 176 Å². The number of likely N-dealkylation sites (tertiary alicyclic amines) is 1. The van der Waals surface area contributed by atoms with E-state index >= 15 is 0 Å². The van der Waals surface area contributed by atoms with E-state index in [2.05, 4.69) is 22.5 Å². The molecule has 6 nitrogen and oxygen atoms in total. The Hall–Kier alpha value is -3.25. The maximum absolute atomic E-state index is 13.0. The highest BCUT2D eigenvalue weighted by Crippen LogP contribution is 2.26. The van der Waals surface area contributed by atoms with Gasteiger partial charge in [0.05, 0.1) is 23.4 Å². The van der Waals surface area contributed by atoms with Crippen LogP contribution in [0, 0.1) is 0 Å². The van der Waals surface area contributed by atoms with Gasteiger partial charge in [-0.1, -0.05) is 18.2 Å². The molecule has 0 saturated carbocycles. The van der Waals surface area contributed by atoms with E-state index in [4.69, 9.17) is 9.72 Å². The van der Waals surface area contributed by atoms with Gasteiger partial charge in [0.2, 0.25) is 0 Å². The Morgan fingerprint density at radius 1 is 1.13 bits per heavy atom. The largest absolute Gasteiger partial charge is 0.494 e. The van der Waals surface area contributed by atoms with Crippen molar-refractivity contribution in [2.24, 2.45) is 5.10 Å². The van der Waals surface area contributed by atoms with Crippen LogP contribution in [0.4, 0.5) is 0 Å². The number of piperidine rings is 1. The number of nitrogens with one attached hydrogen (secondary N) is 1. The van der Waals surface area contributed by atoms with Gasteiger partial charge in [0.1, 0.15) is 5.75 Å². The van der Waals surface area contributed by atoms with Gasteiger partial charge in [-0.15, -0.1) is 0 Å². The monoisotopic (exact) mass is 402 g/mol. The number of hydrogen-bond acceptors (Lipinski definition) is 5. The SMILES string of the molecule is CCOc1ccc(-c2cc(C(=O)NN=C3CCN(C)CC3)c3ccccc3n2)cc1. The van der Waals surface area contributed by atoms with E-state index in [1.807, 2.05) is 61.5 Å². The molecule has 0 atom stereocenters. The Kier molecular flexibility index (Phi) is 6.05. The van der Waals surface area contributed by atoms with Gasteiger partial charge in [-0.25, -0.2) is 10.4 Å². The number of nitrogens with zero attached hydrogens (tertiary/aromatic N) is 3. The molecule has 1 fully saturated rings. The first-order valence-electron chi connectivity index (χ1n) is 10.3. The second kappa shape index (κ2) is 9.05. The summed E-state index contributed by atoms with van der Waals surface area (Å²) < 4.78 is 5.52. The van der Waals surface area contributed by atoms with Gasteiger partial charge in [-0.3, -0.25) is 4.79 Å². The van der Waals surface area contributed by atoms with Crippen molar-refractivity contribution in [3.8, 4) is 17.0 Å². The molecule has 0 aliphatic carbocycles. The lowest BCUT2D eigenvalue weighted by atomic mass is 10.0. The van der Waals surface area contributed by atoms with Crippen LogP contribution in [0.25, 0.3) is 22.2 Å². The standard InChI is InChI=1S/C24H26N4O2/c1-3-30-19-10-8-17(9-11-19)23-16-21(20-6-4-5-7-22(20)25-23)24(29)27-26-18-12-14-28(2)15-13-18/h4-11,16H,3,12-15H2,1-2H3,(H,27,29). The molecule has 1 aliphatic heterocycles. The summed E-state index contributed by atoms with van der Waals surface area (Å²) in [4.78, 5) is 20.0. The molecule has 1 amide bonds. The molecule has 4 rings (SSSR count). The van der Waals surface area contributed by atoms with Gasteiger partial charge in [0.15, 0.2) is 0 Å². The Morgan fingerprint density at radius 2 is 1.87 bits per heavy atom. The quantitative estimate of drug-likeness (QED) is 0.652. The summed E-state index contributed by atoms with van der Waals surface area (Å²) in [6.45, 7) is 4.51. The number of hydrazone groups is 1. The fourth-order valence-electron chi connectivity index (χ4n) is 3.58. The van der Waals surface area contributed by atoms with Gasteiger partial charge in [0.25, 0.3) is 5.91 Å². The van der Waals surface area contributed by atoms with E-state index in [0.717, 1.165) is 59.6 Å². The van der Waals surface area contributed by atoms with Crippen molar-refractivity contribution in [3.63, 3.8) is 0 Å². The van der Waals surface area contributed by atoms with E-state index < -0.39 is 0 Å². The van der Waals surface area contributed by atoms with E-state index in [1.165, 1.54) is 0 Å². The third-order valence-electron chi connectivity index (χ3n) is 5.30. The topological polar surface area (TPSA) is 66.8 Å². The maximum atomic E-state index is 13.0. The molecule has 3 aromatic rings. The molecule has 0 unspecified atom stereocenters. The van der Waals surface area contributed by atoms with Crippen LogP contribution >= 0.6 is 0 Å². The average molecular weight is 402 g/mol. The lowest BCUT2D eigenvalue weighted by Gasteiger charge is -2.22. The van der Waals surface area contributed by atoms with E-state index in [1.54, 1.807) is 0 Å². The highest BCUT2D eigenvalue weighted by atomic mass is 16.5. The van der Waals surface area contributed by atoms with E-state index in [9.17, 15) is 4.79 Å². The molecule has 2 aromatic carbocycles. The van der Waals surface area contributed by atoms with Crippen molar-refractivity contribution in [1.82, 2.24) is 15.3 Å². The molecule has 1 saturated heterocycles. The van der Waals surface area contributed by atoms with Crippen molar-refractivity contribution in [2.75, 3.05) is 26.7 Å². The minimum Gasteiger partial charge on any atom is -0.494 e. The number of hydrogen-bond donors (Lipinski definition) is 1. The smallest absolute Gasteiger partial charge is 0.272 e. The molecule has 6 heteroatoms. The lowest BCUT2D eigenvalue weighted by Crippen LogP contribution is -2.32. The normalized spacial score (nSPS) is 14.5. The summed E-state index contributed by atoms with van der Waals surface area (Å²) in [7, 11) is 2.10. The van der Waals surface area contributed by atoms with Crippen molar-refractivity contribution in [1.29, 1.82) is 0 Å². The number of aromatic nitrogens is 1. The molecule has 0 bridgehead atoms. The van der Waals surface area contributed by atoms with Crippen LogP contribution in [0.1, 0.15) is 30.1 Å². The minimum absolute atomic E-state index is 0.216. The van der Waals surface area contributed by atoms with Crippen LogP contribution in [-0.2, 0) is 0 Å². The highest BCUT2D eigenvalue weighted by Gasteiger charge is 2.15. The van der Waals surface area contributed by atoms with Crippen molar-refractivity contribution < 1.29 is 9.53 Å². The third kappa shape index (κ3) is 4.49. The van der Waals surface area contributed by atoms with E-state index in [0.29, 0.717) is 12.2 Å². The zero-order chi connectivity index (χ0) is 20.9. The zero-order valence-electron chi connectivity index (χ0n) is 17.4. The summed E-state index contributed by atoms with van der Waals surface area (Å²) in [6, 6.07) is 17.3. The van der Waals surface area contributed by atoms with E-state index in [-0.39, 0.29) is 5.91 Å². The fraction of sp³-hybridized carbons (Fsp3) is 0.292. The summed E-state index contributed by atoms with van der Waals surface area (Å²) in [5.74, 6) is 0.598. The Balaban J connectivity index is 1.64. The van der Waals surface area contributed by atoms with Crippen LogP contribution in [0.5, 0.6) is 5.75 Å². The van der Waals surface area contributed by atoms with Gasteiger partial charge in [0, 0.05) is 42.6 Å². The number of pyridine rings is 1. The lowest BCUT2D eigenvalue weighted by molar-refractivity contribution is 0.0956. The molecule has 0 spiro atoms. The molecule has 1 aromatic heterocycles. The number of para-hydroxylation sites is 1. The molecule has 1 N–H and O–H groups in total. The predicted octanol–water partition coefficient (Wildman–Crippen LogP) is 4.11. The second-order valence-electron chi connectivity index (χ2n) is 7.45. The average Bonchev–Trinajstić information content (AvgIpc) is 2.78. The number of amides is 1. The first-order chi connectivity index (χ1) is 14.6. The first-order valence-corrected chi connectivity index (χ1v) is 10.3. The summed E-state index contributed by atoms with van der Waals surface area (Å²) in [5.41, 5.74) is 6.82. The third-order valence-corrected chi connectivity index (χ3v) is 5.30. The molecule has 1 aliphatic rings. The van der Waals surface area contributed by atoms with Crippen LogP contribution in [0.15, 0.2) is 59.7 Å². The Bertz CT molecular complexity index is 1070. The van der Waals surface area contributed by atoms with Crippen LogP contribution in [-0.4, -0.2) is 48.2 Å². The van der Waals surface area contributed by atoms with Crippen LogP contribution in [0.3, 0.4) is 0 Å². The molecule has 0 radical (unpaired) electrons. The number of carbonyl (C=O) groups is 1. The van der Waals surface area contributed by atoms with Gasteiger partial charge >= 0.3 is 0 Å². The van der Waals surface area contributed by atoms with Gasteiger partial charge in [-0.05, 0) is 50.4 Å². The van der Waals surface area contributed by atoms with Crippen LogP contribution in [0.2, 0.25) is 0 Å². The maximum Gasteiger partial charge on any atom is 0.272 e. The molecular formula is C24H26N4O2. The number of benzene rings is 2. The zero-order valence-corrected chi connectivity index (χ0v) is 17.4. The fourth-order valence-corrected chi connectivity index (χ4v) is 3.58. The molecule has 30 heavy (non-hydrogen) atoms. The highest BCUT2D eigenvalue weighted by molar-refractivity contribution is 6.07. The molecule has 2 heterocycles. The number of carbonyl (C=O) groups excluding carboxylic acids is 1. The van der Waals surface area contributed by atoms with Gasteiger partial charge < -0.3 is 9.64 Å². The second-order valence-corrected chi connectivity index (χ2v) is 7.45. The molecule has 154 valence electrons. The number of ether oxygens (including phenoxy) is 1. The van der Waals surface area contributed by atoms with Crippen molar-refractivity contribution in [2.45, 2.75) is 19.8 Å². The van der Waals surface area contributed by atoms with Crippen molar-refractivity contribution >= 4 is 22.5 Å². The predicted molar refractivity (Wildman–Crippen MR) is 120 cm³/mol. The Morgan fingerprint density at radius 3 is 2.60 bits per heavy atom.